The maximum atomic E-state index is 10.7. The summed E-state index contributed by atoms with van der Waals surface area (Å²) in [6, 6.07) is 11.1. The molecular formula is C23H29NO4. The van der Waals surface area contributed by atoms with Gasteiger partial charge >= 0.3 is 0 Å². The van der Waals surface area contributed by atoms with Gasteiger partial charge in [-0.3, -0.25) is 0 Å². The van der Waals surface area contributed by atoms with Gasteiger partial charge in [-0.25, -0.2) is 0 Å². The topological polar surface area (TPSA) is 73.2 Å². The highest BCUT2D eigenvalue weighted by Gasteiger charge is 2.43. The van der Waals surface area contributed by atoms with Crippen molar-refractivity contribution in [2.75, 3.05) is 19.6 Å². The molecule has 2 aromatic rings. The fourth-order valence-corrected chi connectivity index (χ4v) is 4.40. The second-order valence-corrected chi connectivity index (χ2v) is 8.39. The van der Waals surface area contributed by atoms with E-state index in [1.54, 1.807) is 18.2 Å². The number of aliphatic hydroxyl groups is 2. The molecule has 4 rings (SSSR count). The van der Waals surface area contributed by atoms with Crippen LogP contribution in [0, 0.1) is 13.8 Å². The molecule has 5 nitrogen and oxygen atoms in total. The first-order valence-corrected chi connectivity index (χ1v) is 10.0. The Kier molecular flexibility index (Phi) is 5.08. The Morgan fingerprint density at radius 3 is 2.57 bits per heavy atom. The van der Waals surface area contributed by atoms with Crippen molar-refractivity contribution in [3.8, 4) is 11.5 Å². The van der Waals surface area contributed by atoms with Crippen LogP contribution in [0.5, 0.6) is 11.5 Å². The zero-order chi connectivity index (χ0) is 19.9. The van der Waals surface area contributed by atoms with Crippen molar-refractivity contribution in [1.29, 1.82) is 0 Å². The number of benzene rings is 2. The molecule has 5 heteroatoms. The monoisotopic (exact) mass is 383 g/mol. The number of fused-ring (bicyclic) bond motifs is 1. The lowest BCUT2D eigenvalue weighted by Gasteiger charge is -2.46. The largest absolute Gasteiger partial charge is 0.508 e. The molecule has 0 aliphatic carbocycles. The van der Waals surface area contributed by atoms with Gasteiger partial charge in [-0.15, -0.1) is 0 Å². The maximum Gasteiger partial charge on any atom is 0.126 e. The average molecular weight is 383 g/mol. The van der Waals surface area contributed by atoms with Crippen LogP contribution in [0.1, 0.15) is 53.7 Å². The van der Waals surface area contributed by atoms with Crippen LogP contribution in [-0.4, -0.2) is 45.5 Å². The Morgan fingerprint density at radius 2 is 1.86 bits per heavy atom. The standard InChI is InChI=1S/C23H29NO4/c1-15-3-4-17(11-16(15)2)21(27)14-24-9-7-23(8-10-24)13-20(26)19-12-18(25)5-6-22(19)28-23/h3-6,11-12,20-21,25-27H,7-10,13-14H2,1-2H3/t20-,21-/m1/s1. The number of likely N-dealkylation sites (tertiary alicyclic amines) is 1. The predicted octanol–water partition coefficient (Wildman–Crippen LogP) is 3.39. The summed E-state index contributed by atoms with van der Waals surface area (Å²) in [7, 11) is 0. The van der Waals surface area contributed by atoms with Crippen LogP contribution in [0.25, 0.3) is 0 Å². The molecule has 1 fully saturated rings. The molecule has 0 amide bonds. The lowest BCUT2D eigenvalue weighted by Crippen LogP contribution is -2.51. The third-order valence-corrected chi connectivity index (χ3v) is 6.36. The summed E-state index contributed by atoms with van der Waals surface area (Å²) in [6.07, 6.45) is 1.03. The molecule has 0 unspecified atom stereocenters. The normalized spacial score (nSPS) is 22.5. The lowest BCUT2D eigenvalue weighted by molar-refractivity contribution is -0.0588. The molecule has 1 saturated heterocycles. The first-order chi connectivity index (χ1) is 13.3. The second kappa shape index (κ2) is 7.39. The number of hydrogen-bond donors (Lipinski definition) is 3. The zero-order valence-corrected chi connectivity index (χ0v) is 16.6. The number of ether oxygens (including phenoxy) is 1. The van der Waals surface area contributed by atoms with Crippen LogP contribution in [0.4, 0.5) is 0 Å². The quantitative estimate of drug-likeness (QED) is 0.758. The highest BCUT2D eigenvalue weighted by molar-refractivity contribution is 5.43. The van der Waals surface area contributed by atoms with Crippen molar-refractivity contribution in [2.24, 2.45) is 0 Å². The van der Waals surface area contributed by atoms with Crippen LogP contribution >= 0.6 is 0 Å². The molecule has 0 radical (unpaired) electrons. The Hall–Kier alpha value is -2.08. The molecule has 2 aliphatic rings. The van der Waals surface area contributed by atoms with Crippen molar-refractivity contribution in [3.63, 3.8) is 0 Å². The predicted molar refractivity (Wildman–Crippen MR) is 108 cm³/mol. The average Bonchev–Trinajstić information content (AvgIpc) is 2.67. The minimum atomic E-state index is -0.622. The van der Waals surface area contributed by atoms with E-state index in [-0.39, 0.29) is 11.4 Å². The van der Waals surface area contributed by atoms with Crippen LogP contribution < -0.4 is 4.74 Å². The molecule has 2 atom stereocenters. The van der Waals surface area contributed by atoms with E-state index in [2.05, 4.69) is 30.9 Å². The minimum absolute atomic E-state index is 0.146. The molecule has 28 heavy (non-hydrogen) atoms. The smallest absolute Gasteiger partial charge is 0.126 e. The van der Waals surface area contributed by atoms with Crippen molar-refractivity contribution < 1.29 is 20.1 Å². The van der Waals surface area contributed by atoms with Gasteiger partial charge in [0.05, 0.1) is 12.2 Å². The van der Waals surface area contributed by atoms with Crippen molar-refractivity contribution in [3.05, 3.63) is 58.7 Å². The Balaban J connectivity index is 1.39. The number of hydrogen-bond acceptors (Lipinski definition) is 5. The van der Waals surface area contributed by atoms with Crippen molar-refractivity contribution >= 4 is 0 Å². The van der Waals surface area contributed by atoms with Gasteiger partial charge in [0.1, 0.15) is 17.1 Å². The maximum absolute atomic E-state index is 10.7. The summed E-state index contributed by atoms with van der Waals surface area (Å²) in [4.78, 5) is 2.27. The Morgan fingerprint density at radius 1 is 1.11 bits per heavy atom. The van der Waals surface area contributed by atoms with E-state index < -0.39 is 12.2 Å². The van der Waals surface area contributed by atoms with Gasteiger partial charge in [0.2, 0.25) is 0 Å². The SMILES string of the molecule is Cc1ccc([C@H](O)CN2CCC3(CC2)C[C@@H](O)c2cc(O)ccc2O3)cc1C. The van der Waals surface area contributed by atoms with Gasteiger partial charge < -0.3 is 25.0 Å². The molecule has 2 aromatic carbocycles. The fourth-order valence-electron chi connectivity index (χ4n) is 4.40. The number of piperidine rings is 1. The third-order valence-electron chi connectivity index (χ3n) is 6.36. The van der Waals surface area contributed by atoms with Crippen LogP contribution in [0.3, 0.4) is 0 Å². The summed E-state index contributed by atoms with van der Waals surface area (Å²) in [5, 5.41) is 30.9. The summed E-state index contributed by atoms with van der Waals surface area (Å²) in [5.74, 6) is 0.813. The number of aromatic hydroxyl groups is 1. The van der Waals surface area contributed by atoms with E-state index in [4.69, 9.17) is 4.74 Å². The van der Waals surface area contributed by atoms with Gasteiger partial charge in [0.15, 0.2) is 0 Å². The molecule has 1 spiro atoms. The molecule has 3 N–H and O–H groups in total. The van der Waals surface area contributed by atoms with Gasteiger partial charge in [0.25, 0.3) is 0 Å². The van der Waals surface area contributed by atoms with Crippen molar-refractivity contribution in [1.82, 2.24) is 4.90 Å². The number of rotatable bonds is 3. The van der Waals surface area contributed by atoms with Crippen molar-refractivity contribution in [2.45, 2.75) is 50.9 Å². The number of β-amino-alcohol motifs (C(OH)–C–C–N with tert-alkyl or cyclic N) is 1. The number of aryl methyl sites for hydroxylation is 2. The zero-order valence-electron chi connectivity index (χ0n) is 16.6. The van der Waals surface area contributed by atoms with Gasteiger partial charge in [-0.1, -0.05) is 18.2 Å². The third kappa shape index (κ3) is 3.75. The molecule has 0 bridgehead atoms. The van der Waals surface area contributed by atoms with E-state index >= 15 is 0 Å². The minimum Gasteiger partial charge on any atom is -0.508 e. The molecule has 2 heterocycles. The van der Waals surface area contributed by atoms with Crippen LogP contribution in [-0.2, 0) is 0 Å². The van der Waals surface area contributed by atoms with Gasteiger partial charge in [-0.2, -0.15) is 0 Å². The van der Waals surface area contributed by atoms with Gasteiger partial charge in [0, 0.05) is 31.6 Å². The number of nitrogens with zero attached hydrogens (tertiary/aromatic N) is 1. The summed E-state index contributed by atoms with van der Waals surface area (Å²) in [6.45, 7) is 6.39. The van der Waals surface area contributed by atoms with E-state index in [0.717, 1.165) is 31.5 Å². The Bertz CT molecular complexity index is 858. The highest BCUT2D eigenvalue weighted by Crippen LogP contribution is 2.45. The number of phenols is 1. The van der Waals surface area contributed by atoms with E-state index in [1.807, 2.05) is 6.07 Å². The molecule has 150 valence electrons. The molecule has 2 aliphatic heterocycles. The number of phenolic OH excluding ortho intramolecular Hbond substituents is 1. The summed E-state index contributed by atoms with van der Waals surface area (Å²) < 4.78 is 6.29. The fraction of sp³-hybridized carbons (Fsp3) is 0.478. The highest BCUT2D eigenvalue weighted by atomic mass is 16.5. The van der Waals surface area contributed by atoms with E-state index in [1.165, 1.54) is 11.1 Å². The first-order valence-electron chi connectivity index (χ1n) is 10.0. The van der Waals surface area contributed by atoms with Gasteiger partial charge in [-0.05, 0) is 61.6 Å². The summed E-state index contributed by atoms with van der Waals surface area (Å²) >= 11 is 0. The Labute approximate surface area is 166 Å². The van der Waals surface area contributed by atoms with E-state index in [9.17, 15) is 15.3 Å². The van der Waals surface area contributed by atoms with Crippen LogP contribution in [0.2, 0.25) is 0 Å². The van der Waals surface area contributed by atoms with Crippen LogP contribution in [0.15, 0.2) is 36.4 Å². The number of aliphatic hydroxyl groups excluding tert-OH is 2. The molecule has 0 aromatic heterocycles. The lowest BCUT2D eigenvalue weighted by atomic mass is 9.81. The second-order valence-electron chi connectivity index (χ2n) is 8.39. The molecular weight excluding hydrogens is 354 g/mol. The van der Waals surface area contributed by atoms with E-state index in [0.29, 0.717) is 24.3 Å². The molecule has 0 saturated carbocycles. The summed E-state index contributed by atoms with van der Waals surface area (Å²) in [5.41, 5.74) is 3.69. The first kappa shape index (κ1) is 19.2.